The normalized spacial score (nSPS) is 14.1. The molecule has 0 radical (unpaired) electrons. The second-order valence-electron chi connectivity index (χ2n) is 4.34. The van der Waals surface area contributed by atoms with Gasteiger partial charge in [-0.15, -0.1) is 0 Å². The second kappa shape index (κ2) is 9.93. The van der Waals surface area contributed by atoms with Crippen molar-refractivity contribution < 1.29 is 26.4 Å². The predicted octanol–water partition coefficient (Wildman–Crippen LogP) is -0.257. The van der Waals surface area contributed by atoms with E-state index in [0.29, 0.717) is 0 Å². The summed E-state index contributed by atoms with van der Waals surface area (Å²) in [5.74, 6) is -1.26. The molecule has 22 heavy (non-hydrogen) atoms. The Kier molecular flexibility index (Phi) is 9.49. The van der Waals surface area contributed by atoms with Crippen molar-refractivity contribution in [2.24, 2.45) is 0 Å². The van der Waals surface area contributed by atoms with Crippen LogP contribution in [0.2, 0.25) is 0 Å². The molecule has 0 aromatic carbocycles. The molecule has 0 saturated carbocycles. The number of sulfonamides is 2. The molecule has 0 aromatic heterocycles. The first kappa shape index (κ1) is 21.0. The summed E-state index contributed by atoms with van der Waals surface area (Å²) < 4.78 is 55.5. The van der Waals surface area contributed by atoms with Crippen molar-refractivity contribution in [3.05, 3.63) is 12.2 Å². The van der Waals surface area contributed by atoms with Crippen molar-refractivity contribution in [2.75, 3.05) is 24.7 Å². The summed E-state index contributed by atoms with van der Waals surface area (Å²) in [6.07, 6.45) is 3.50. The number of rotatable bonds is 11. The van der Waals surface area contributed by atoms with Crippen molar-refractivity contribution in [3.8, 4) is 0 Å². The minimum Gasteiger partial charge on any atom is -0.465 e. The van der Waals surface area contributed by atoms with Crippen molar-refractivity contribution in [1.82, 2.24) is 9.44 Å². The van der Waals surface area contributed by atoms with Crippen molar-refractivity contribution >= 4 is 26.0 Å². The molecule has 0 aliphatic heterocycles. The van der Waals surface area contributed by atoms with Gasteiger partial charge in [-0.05, 0) is 27.2 Å². The monoisotopic (exact) mass is 356 g/mol. The molecular formula is C12H24N2O6S2. The molecule has 1 unspecified atom stereocenters. The highest BCUT2D eigenvalue weighted by atomic mass is 32.2. The Hall–Kier alpha value is -0.970. The van der Waals surface area contributed by atoms with Crippen LogP contribution < -0.4 is 9.44 Å². The van der Waals surface area contributed by atoms with Crippen LogP contribution in [0.3, 0.4) is 0 Å². The van der Waals surface area contributed by atoms with Gasteiger partial charge in [-0.1, -0.05) is 12.2 Å². The van der Waals surface area contributed by atoms with Crippen LogP contribution in [-0.2, 0) is 29.6 Å². The quantitative estimate of drug-likeness (QED) is 0.389. The number of allylic oxidation sites excluding steroid dienone is 1. The van der Waals surface area contributed by atoms with Gasteiger partial charge in [-0.2, -0.15) is 0 Å². The summed E-state index contributed by atoms with van der Waals surface area (Å²) in [7, 11) is -7.27. The first-order chi connectivity index (χ1) is 10.2. The summed E-state index contributed by atoms with van der Waals surface area (Å²) >= 11 is 0. The van der Waals surface area contributed by atoms with Gasteiger partial charge in [0, 0.05) is 6.54 Å². The summed E-state index contributed by atoms with van der Waals surface area (Å²) in [6.45, 7) is 4.70. The SMILES string of the molecule is CC=CCC(NS(=O)(=O)CCNS(=O)(=O)CC)C(=O)OCC. The van der Waals surface area contributed by atoms with E-state index >= 15 is 0 Å². The molecule has 0 bridgehead atoms. The van der Waals surface area contributed by atoms with E-state index in [0.717, 1.165) is 0 Å². The Morgan fingerprint density at radius 1 is 1.18 bits per heavy atom. The molecule has 1 atom stereocenters. The fourth-order valence-electron chi connectivity index (χ4n) is 1.42. The minimum atomic E-state index is -3.82. The van der Waals surface area contributed by atoms with Gasteiger partial charge in [0.1, 0.15) is 6.04 Å². The molecule has 2 N–H and O–H groups in total. The van der Waals surface area contributed by atoms with Crippen LogP contribution in [0.1, 0.15) is 27.2 Å². The fraction of sp³-hybridized carbons (Fsp3) is 0.750. The average molecular weight is 356 g/mol. The van der Waals surface area contributed by atoms with Crippen LogP contribution in [0.15, 0.2) is 12.2 Å². The third-order valence-electron chi connectivity index (χ3n) is 2.57. The van der Waals surface area contributed by atoms with Crippen LogP contribution >= 0.6 is 0 Å². The van der Waals surface area contributed by atoms with Crippen LogP contribution in [-0.4, -0.2) is 53.5 Å². The van der Waals surface area contributed by atoms with Gasteiger partial charge in [0.25, 0.3) is 0 Å². The maximum atomic E-state index is 11.9. The standard InChI is InChI=1S/C12H24N2O6S2/c1-4-7-8-11(12(15)20-5-2)14-22(18,19)10-9-13-21(16,17)6-3/h4,7,11,13-14H,5-6,8-10H2,1-3H3. The lowest BCUT2D eigenvalue weighted by Crippen LogP contribution is -2.44. The maximum Gasteiger partial charge on any atom is 0.324 e. The van der Waals surface area contributed by atoms with Gasteiger partial charge in [-0.25, -0.2) is 26.3 Å². The predicted molar refractivity (Wildman–Crippen MR) is 84.2 cm³/mol. The van der Waals surface area contributed by atoms with E-state index < -0.39 is 37.8 Å². The highest BCUT2D eigenvalue weighted by Gasteiger charge is 2.24. The Morgan fingerprint density at radius 3 is 2.32 bits per heavy atom. The third kappa shape index (κ3) is 9.13. The molecule has 0 rings (SSSR count). The summed E-state index contributed by atoms with van der Waals surface area (Å²) in [6, 6.07) is -1.02. The molecule has 0 aromatic rings. The van der Waals surface area contributed by atoms with E-state index in [4.69, 9.17) is 4.74 Å². The first-order valence-corrected chi connectivity index (χ1v) is 10.2. The Labute approximate surface area is 132 Å². The van der Waals surface area contributed by atoms with E-state index in [9.17, 15) is 21.6 Å². The Bertz CT molecular complexity index is 568. The van der Waals surface area contributed by atoms with Gasteiger partial charge in [0.2, 0.25) is 20.0 Å². The van der Waals surface area contributed by atoms with E-state index in [1.54, 1.807) is 26.0 Å². The van der Waals surface area contributed by atoms with Crippen LogP contribution in [0, 0.1) is 0 Å². The van der Waals surface area contributed by atoms with E-state index in [2.05, 4.69) is 9.44 Å². The lowest BCUT2D eigenvalue weighted by Gasteiger charge is -2.16. The smallest absolute Gasteiger partial charge is 0.324 e. The zero-order chi connectivity index (χ0) is 17.2. The number of nitrogens with one attached hydrogen (secondary N) is 2. The number of esters is 1. The fourth-order valence-corrected chi connectivity index (χ4v) is 3.28. The van der Waals surface area contributed by atoms with Gasteiger partial charge in [0.15, 0.2) is 0 Å². The van der Waals surface area contributed by atoms with E-state index in [1.807, 2.05) is 0 Å². The molecule has 0 spiro atoms. The molecule has 0 heterocycles. The highest BCUT2D eigenvalue weighted by Crippen LogP contribution is 2.01. The molecular weight excluding hydrogens is 332 g/mol. The molecule has 0 aliphatic rings. The molecule has 10 heteroatoms. The van der Waals surface area contributed by atoms with Gasteiger partial charge >= 0.3 is 5.97 Å². The summed E-state index contributed by atoms with van der Waals surface area (Å²) in [5.41, 5.74) is 0. The molecule has 0 fully saturated rings. The minimum absolute atomic E-state index is 0.132. The largest absolute Gasteiger partial charge is 0.465 e. The van der Waals surface area contributed by atoms with Crippen LogP contribution in [0.5, 0.6) is 0 Å². The Balaban J connectivity index is 4.70. The van der Waals surface area contributed by atoms with E-state index in [1.165, 1.54) is 6.92 Å². The molecule has 0 aliphatic carbocycles. The highest BCUT2D eigenvalue weighted by molar-refractivity contribution is 7.90. The number of carbonyl (C=O) groups excluding carboxylic acids is 1. The van der Waals surface area contributed by atoms with Crippen LogP contribution in [0.4, 0.5) is 0 Å². The first-order valence-electron chi connectivity index (χ1n) is 6.92. The van der Waals surface area contributed by atoms with Crippen LogP contribution in [0.25, 0.3) is 0 Å². The zero-order valence-corrected chi connectivity index (χ0v) is 14.7. The van der Waals surface area contributed by atoms with Gasteiger partial charge in [0.05, 0.1) is 18.1 Å². The zero-order valence-electron chi connectivity index (χ0n) is 13.0. The summed E-state index contributed by atoms with van der Waals surface area (Å²) in [4.78, 5) is 11.7. The molecule has 130 valence electrons. The lowest BCUT2D eigenvalue weighted by molar-refractivity contribution is -0.145. The average Bonchev–Trinajstić information content (AvgIpc) is 2.43. The van der Waals surface area contributed by atoms with Crippen molar-refractivity contribution in [1.29, 1.82) is 0 Å². The third-order valence-corrected chi connectivity index (χ3v) is 5.36. The second-order valence-corrected chi connectivity index (χ2v) is 8.31. The van der Waals surface area contributed by atoms with Gasteiger partial charge < -0.3 is 4.74 Å². The van der Waals surface area contributed by atoms with Crippen molar-refractivity contribution in [2.45, 2.75) is 33.2 Å². The maximum absolute atomic E-state index is 11.9. The Morgan fingerprint density at radius 2 is 1.82 bits per heavy atom. The molecule has 0 amide bonds. The molecule has 0 saturated heterocycles. The molecule has 8 nitrogen and oxygen atoms in total. The summed E-state index contributed by atoms with van der Waals surface area (Å²) in [5, 5.41) is 0. The number of carbonyl (C=O) groups is 1. The topological polar surface area (TPSA) is 119 Å². The number of hydrogen-bond acceptors (Lipinski definition) is 6. The van der Waals surface area contributed by atoms with E-state index in [-0.39, 0.29) is 25.3 Å². The number of hydrogen-bond donors (Lipinski definition) is 2. The van der Waals surface area contributed by atoms with Crippen molar-refractivity contribution in [3.63, 3.8) is 0 Å². The lowest BCUT2D eigenvalue weighted by atomic mass is 10.2. The number of ether oxygens (including phenoxy) is 1. The van der Waals surface area contributed by atoms with Gasteiger partial charge in [-0.3, -0.25) is 4.79 Å².